The monoisotopic (exact) mass is 263 g/mol. The van der Waals surface area contributed by atoms with Crippen LogP contribution >= 0.6 is 0 Å². The average Bonchev–Trinajstić information content (AvgIpc) is 3.00. The van der Waals surface area contributed by atoms with Gasteiger partial charge in [-0.05, 0) is 12.5 Å². The van der Waals surface area contributed by atoms with Crippen molar-refractivity contribution in [2.45, 2.75) is 18.1 Å². The molecule has 1 aromatic carbocycles. The molecule has 0 aromatic heterocycles. The zero-order valence-corrected chi connectivity index (χ0v) is 10.9. The molecule has 1 aliphatic rings. The summed E-state index contributed by atoms with van der Waals surface area (Å²) in [6, 6.07) is 9.13. The largest absolute Gasteiger partial charge is 0.302 e. The van der Waals surface area contributed by atoms with Gasteiger partial charge in [-0.3, -0.25) is 0 Å². The maximum atomic E-state index is 11.7. The fraction of sp³-hybridized carbons (Fsp3) is 0.385. The van der Waals surface area contributed by atoms with E-state index in [2.05, 4.69) is 0 Å². The van der Waals surface area contributed by atoms with Crippen molar-refractivity contribution in [1.82, 2.24) is 0 Å². The highest BCUT2D eigenvalue weighted by atomic mass is 32.2. The molecule has 0 spiro atoms. The van der Waals surface area contributed by atoms with Crippen LogP contribution in [0.15, 0.2) is 24.3 Å². The van der Waals surface area contributed by atoms with E-state index in [4.69, 9.17) is 5.26 Å². The number of aldehydes is 1. The molecule has 1 aromatic rings. The number of carbonyl (C=O) groups excluding carboxylic acids is 1. The first-order chi connectivity index (χ1) is 8.36. The van der Waals surface area contributed by atoms with Crippen LogP contribution in [0.25, 0.3) is 0 Å². The predicted octanol–water partition coefficient (Wildman–Crippen LogP) is 1.21. The number of carbonyl (C=O) groups is 1. The molecular weight excluding hydrogens is 250 g/mol. The van der Waals surface area contributed by atoms with Gasteiger partial charge in [-0.15, -0.1) is 0 Å². The third kappa shape index (κ3) is 1.73. The number of hydrogen-bond donors (Lipinski definition) is 0. The average molecular weight is 263 g/mol. The molecule has 94 valence electrons. The summed E-state index contributed by atoms with van der Waals surface area (Å²) < 4.78 is 23.3. The van der Waals surface area contributed by atoms with E-state index in [0.29, 0.717) is 6.29 Å². The lowest BCUT2D eigenvalue weighted by atomic mass is 10.0. The second kappa shape index (κ2) is 3.92. The van der Waals surface area contributed by atoms with Crippen molar-refractivity contribution in [2.75, 3.05) is 6.26 Å². The van der Waals surface area contributed by atoms with Crippen molar-refractivity contribution in [1.29, 1.82) is 5.26 Å². The molecule has 0 unspecified atom stereocenters. The van der Waals surface area contributed by atoms with Crippen molar-refractivity contribution >= 4 is 16.1 Å². The summed E-state index contributed by atoms with van der Waals surface area (Å²) >= 11 is 0. The normalized spacial score (nSPS) is 30.5. The number of nitriles is 1. The number of benzene rings is 1. The lowest BCUT2D eigenvalue weighted by Crippen LogP contribution is -2.14. The fourth-order valence-corrected chi connectivity index (χ4v) is 4.26. The number of rotatable bonds is 3. The number of hydrogen-bond acceptors (Lipinski definition) is 4. The standard InChI is InChI=1S/C13H13NO3S/c1-9-3-5-10(6-4-9)11-12(18(2,16)17)13(11,7-14)8-15/h3-6,8,11-12H,1-2H3/t11-,12+,13-/m1/s1. The lowest BCUT2D eigenvalue weighted by Gasteiger charge is -2.00. The molecule has 0 radical (unpaired) electrons. The van der Waals surface area contributed by atoms with Crippen LogP contribution in [0.5, 0.6) is 0 Å². The van der Waals surface area contributed by atoms with Gasteiger partial charge in [-0.1, -0.05) is 29.8 Å². The highest BCUT2D eigenvalue weighted by molar-refractivity contribution is 7.91. The number of nitrogens with zero attached hydrogens (tertiary/aromatic N) is 1. The zero-order chi connectivity index (χ0) is 13.6. The number of sulfone groups is 1. The highest BCUT2D eigenvalue weighted by Crippen LogP contribution is 2.61. The maximum Gasteiger partial charge on any atom is 0.153 e. The molecule has 1 fully saturated rings. The van der Waals surface area contributed by atoms with E-state index >= 15 is 0 Å². The van der Waals surface area contributed by atoms with Crippen LogP contribution in [0.2, 0.25) is 0 Å². The second-order valence-corrected chi connectivity index (χ2v) is 6.97. The Balaban J connectivity index is 2.49. The molecule has 2 rings (SSSR count). The Morgan fingerprint density at radius 2 is 1.89 bits per heavy atom. The van der Waals surface area contributed by atoms with Gasteiger partial charge in [0.1, 0.15) is 11.7 Å². The summed E-state index contributed by atoms with van der Waals surface area (Å²) in [6.07, 6.45) is 1.55. The third-order valence-electron chi connectivity index (χ3n) is 3.47. The van der Waals surface area contributed by atoms with E-state index in [1.807, 2.05) is 25.1 Å². The van der Waals surface area contributed by atoms with Crippen LogP contribution in [-0.2, 0) is 14.6 Å². The Bertz CT molecular complexity index is 627. The van der Waals surface area contributed by atoms with Crippen LogP contribution in [0, 0.1) is 23.7 Å². The van der Waals surface area contributed by atoms with Crippen molar-refractivity contribution in [3.05, 3.63) is 35.4 Å². The molecule has 4 nitrogen and oxygen atoms in total. The smallest absolute Gasteiger partial charge is 0.153 e. The molecule has 18 heavy (non-hydrogen) atoms. The molecule has 0 bridgehead atoms. The van der Waals surface area contributed by atoms with Gasteiger partial charge in [0, 0.05) is 12.2 Å². The topological polar surface area (TPSA) is 75.0 Å². The van der Waals surface area contributed by atoms with Crippen LogP contribution < -0.4 is 0 Å². The lowest BCUT2D eigenvalue weighted by molar-refractivity contribution is -0.110. The minimum absolute atomic E-state index is 0.475. The SMILES string of the molecule is Cc1ccc([C@@H]2[C@H](S(C)(=O)=O)[C@]2(C#N)C=O)cc1. The van der Waals surface area contributed by atoms with E-state index < -0.39 is 26.4 Å². The van der Waals surface area contributed by atoms with Gasteiger partial charge >= 0.3 is 0 Å². The molecule has 1 aliphatic carbocycles. The highest BCUT2D eigenvalue weighted by Gasteiger charge is 2.71. The van der Waals surface area contributed by atoms with E-state index in [0.717, 1.165) is 17.4 Å². The summed E-state index contributed by atoms with van der Waals surface area (Å²) in [5.41, 5.74) is 0.358. The van der Waals surface area contributed by atoms with Crippen molar-refractivity contribution in [2.24, 2.45) is 5.41 Å². The van der Waals surface area contributed by atoms with E-state index in [-0.39, 0.29) is 0 Å². The van der Waals surface area contributed by atoms with E-state index in [9.17, 15) is 13.2 Å². The first-order valence-electron chi connectivity index (χ1n) is 5.50. The van der Waals surface area contributed by atoms with Crippen LogP contribution in [0.4, 0.5) is 0 Å². The van der Waals surface area contributed by atoms with Crippen LogP contribution in [0.3, 0.4) is 0 Å². The Kier molecular flexibility index (Phi) is 2.78. The maximum absolute atomic E-state index is 11.7. The van der Waals surface area contributed by atoms with Gasteiger partial charge in [-0.25, -0.2) is 8.42 Å². The van der Waals surface area contributed by atoms with Gasteiger partial charge in [0.15, 0.2) is 9.84 Å². The van der Waals surface area contributed by atoms with Gasteiger partial charge in [-0.2, -0.15) is 5.26 Å². The minimum atomic E-state index is -3.42. The Labute approximate surface area is 106 Å². The van der Waals surface area contributed by atoms with Crippen molar-refractivity contribution < 1.29 is 13.2 Å². The summed E-state index contributed by atoms with van der Waals surface area (Å²) in [7, 11) is -3.42. The molecule has 0 N–H and O–H groups in total. The molecular formula is C13H13NO3S. The van der Waals surface area contributed by atoms with Gasteiger partial charge in [0.25, 0.3) is 0 Å². The summed E-state index contributed by atoms with van der Waals surface area (Å²) in [5.74, 6) is -0.546. The predicted molar refractivity (Wildman–Crippen MR) is 66.7 cm³/mol. The first kappa shape index (κ1) is 12.8. The summed E-state index contributed by atoms with van der Waals surface area (Å²) in [6.45, 7) is 1.92. The Hall–Kier alpha value is -1.67. The zero-order valence-electron chi connectivity index (χ0n) is 10.1. The third-order valence-corrected chi connectivity index (χ3v) is 5.05. The molecule has 0 heterocycles. The Morgan fingerprint density at radius 3 is 2.22 bits per heavy atom. The fourth-order valence-electron chi connectivity index (χ4n) is 2.50. The molecule has 3 atom stereocenters. The summed E-state index contributed by atoms with van der Waals surface area (Å²) in [4.78, 5) is 11.1. The number of aryl methyl sites for hydroxylation is 1. The molecule has 0 saturated heterocycles. The molecule has 5 heteroatoms. The van der Waals surface area contributed by atoms with Crippen LogP contribution in [-0.4, -0.2) is 26.2 Å². The van der Waals surface area contributed by atoms with E-state index in [1.54, 1.807) is 12.1 Å². The quantitative estimate of drug-likeness (QED) is 0.768. The molecule has 0 amide bonds. The first-order valence-corrected chi connectivity index (χ1v) is 7.45. The minimum Gasteiger partial charge on any atom is -0.302 e. The van der Waals surface area contributed by atoms with Gasteiger partial charge in [0.2, 0.25) is 0 Å². The van der Waals surface area contributed by atoms with Crippen molar-refractivity contribution in [3.8, 4) is 6.07 Å². The van der Waals surface area contributed by atoms with E-state index in [1.165, 1.54) is 0 Å². The van der Waals surface area contributed by atoms with Gasteiger partial charge < -0.3 is 4.79 Å². The molecule has 0 aliphatic heterocycles. The molecule has 1 saturated carbocycles. The second-order valence-electron chi connectivity index (χ2n) is 4.80. The van der Waals surface area contributed by atoms with Crippen LogP contribution in [0.1, 0.15) is 17.0 Å². The summed E-state index contributed by atoms with van der Waals surface area (Å²) in [5, 5.41) is 8.21. The van der Waals surface area contributed by atoms with Gasteiger partial charge in [0.05, 0.1) is 11.3 Å². The Morgan fingerprint density at radius 1 is 1.33 bits per heavy atom. The van der Waals surface area contributed by atoms with Crippen molar-refractivity contribution in [3.63, 3.8) is 0 Å².